The third-order valence-corrected chi connectivity index (χ3v) is 3.55. The lowest BCUT2D eigenvalue weighted by Gasteiger charge is -2.15. The minimum Gasteiger partial charge on any atom is -0.497 e. The Kier molecular flexibility index (Phi) is 5.97. The van der Waals surface area contributed by atoms with Crippen LogP contribution in [-0.2, 0) is 6.42 Å². The first-order valence-electron chi connectivity index (χ1n) is 7.51. The molecule has 0 aliphatic heterocycles. The number of nitrogens with one attached hydrogen (secondary N) is 2. The fraction of sp³-hybridized carbons (Fsp3) is 0.278. The Balaban J connectivity index is 1.77. The fourth-order valence-electron chi connectivity index (χ4n) is 2.24. The van der Waals surface area contributed by atoms with E-state index in [9.17, 15) is 9.18 Å². The molecule has 2 N–H and O–H groups in total. The Morgan fingerprint density at radius 1 is 1.22 bits per heavy atom. The summed E-state index contributed by atoms with van der Waals surface area (Å²) < 4.78 is 18.2. The van der Waals surface area contributed by atoms with Crippen molar-refractivity contribution in [1.29, 1.82) is 0 Å². The number of rotatable bonds is 6. The minimum absolute atomic E-state index is 0.116. The van der Waals surface area contributed by atoms with E-state index in [2.05, 4.69) is 10.6 Å². The molecule has 0 radical (unpaired) electrons. The lowest BCUT2D eigenvalue weighted by atomic mass is 10.1. The van der Waals surface area contributed by atoms with Gasteiger partial charge < -0.3 is 15.4 Å². The molecule has 0 fully saturated rings. The summed E-state index contributed by atoms with van der Waals surface area (Å²) in [6, 6.07) is 13.6. The van der Waals surface area contributed by atoms with Crippen LogP contribution in [0, 0.1) is 5.82 Å². The van der Waals surface area contributed by atoms with Gasteiger partial charge in [-0.25, -0.2) is 9.18 Å². The molecule has 1 unspecified atom stereocenters. The Morgan fingerprint density at radius 2 is 1.96 bits per heavy atom. The predicted octanol–water partition coefficient (Wildman–Crippen LogP) is 3.44. The molecular formula is C18H21FN2O2. The van der Waals surface area contributed by atoms with Gasteiger partial charge in [0.2, 0.25) is 0 Å². The molecule has 0 aromatic heterocycles. The zero-order chi connectivity index (χ0) is 16.7. The van der Waals surface area contributed by atoms with E-state index in [1.807, 2.05) is 37.3 Å². The number of carbonyl (C=O) groups is 1. The highest BCUT2D eigenvalue weighted by Crippen LogP contribution is 2.17. The molecule has 2 rings (SSSR count). The molecule has 0 spiro atoms. The van der Waals surface area contributed by atoms with Gasteiger partial charge in [0.05, 0.1) is 13.2 Å². The lowest BCUT2D eigenvalue weighted by molar-refractivity contribution is 0.238. The molecule has 0 heterocycles. The Morgan fingerprint density at radius 3 is 2.61 bits per heavy atom. The summed E-state index contributed by atoms with van der Waals surface area (Å²) in [5.74, 6) is 0.514. The smallest absolute Gasteiger partial charge is 0.315 e. The van der Waals surface area contributed by atoms with E-state index < -0.39 is 0 Å². The van der Waals surface area contributed by atoms with Crippen molar-refractivity contribution in [3.8, 4) is 5.75 Å². The molecule has 2 aromatic carbocycles. The van der Waals surface area contributed by atoms with E-state index in [4.69, 9.17) is 4.74 Å². The number of amides is 2. The van der Waals surface area contributed by atoms with Gasteiger partial charge in [-0.3, -0.25) is 0 Å². The van der Waals surface area contributed by atoms with Crippen molar-refractivity contribution in [3.63, 3.8) is 0 Å². The quantitative estimate of drug-likeness (QED) is 0.858. The van der Waals surface area contributed by atoms with Crippen molar-refractivity contribution in [2.75, 3.05) is 13.7 Å². The van der Waals surface area contributed by atoms with Crippen molar-refractivity contribution < 1.29 is 13.9 Å². The molecular weight excluding hydrogens is 295 g/mol. The second kappa shape index (κ2) is 8.17. The zero-order valence-electron chi connectivity index (χ0n) is 13.3. The van der Waals surface area contributed by atoms with E-state index in [0.717, 1.165) is 16.9 Å². The number of halogens is 1. The van der Waals surface area contributed by atoms with E-state index in [1.54, 1.807) is 13.2 Å². The number of benzene rings is 2. The van der Waals surface area contributed by atoms with Crippen LogP contribution in [0.5, 0.6) is 5.75 Å². The van der Waals surface area contributed by atoms with E-state index in [0.29, 0.717) is 13.0 Å². The topological polar surface area (TPSA) is 50.4 Å². The Hall–Kier alpha value is -2.56. The van der Waals surface area contributed by atoms with E-state index in [1.165, 1.54) is 12.1 Å². The van der Waals surface area contributed by atoms with Gasteiger partial charge in [0.1, 0.15) is 11.6 Å². The summed E-state index contributed by atoms with van der Waals surface area (Å²) in [6.07, 6.45) is 0.585. The van der Waals surface area contributed by atoms with E-state index >= 15 is 0 Å². The van der Waals surface area contributed by atoms with Gasteiger partial charge >= 0.3 is 6.03 Å². The zero-order valence-corrected chi connectivity index (χ0v) is 13.3. The van der Waals surface area contributed by atoms with Crippen LogP contribution in [0.1, 0.15) is 24.1 Å². The normalized spacial score (nSPS) is 11.6. The number of carbonyl (C=O) groups excluding carboxylic acids is 1. The van der Waals surface area contributed by atoms with Gasteiger partial charge in [0, 0.05) is 6.54 Å². The van der Waals surface area contributed by atoms with Gasteiger partial charge in [0.15, 0.2) is 0 Å². The molecule has 23 heavy (non-hydrogen) atoms. The summed E-state index contributed by atoms with van der Waals surface area (Å²) in [7, 11) is 1.61. The molecule has 4 nitrogen and oxygen atoms in total. The first-order chi connectivity index (χ1) is 11.1. The van der Waals surface area contributed by atoms with Crippen LogP contribution in [0.15, 0.2) is 48.5 Å². The predicted molar refractivity (Wildman–Crippen MR) is 88.0 cm³/mol. The van der Waals surface area contributed by atoms with Crippen LogP contribution in [0.4, 0.5) is 9.18 Å². The minimum atomic E-state index is -0.264. The Labute approximate surface area is 135 Å². The van der Waals surface area contributed by atoms with Crippen molar-refractivity contribution in [1.82, 2.24) is 10.6 Å². The van der Waals surface area contributed by atoms with Crippen molar-refractivity contribution in [2.24, 2.45) is 0 Å². The SMILES string of the molecule is COc1ccc(C(C)NC(=O)NCCc2cccc(F)c2)cc1. The summed E-state index contributed by atoms with van der Waals surface area (Å²) in [6.45, 7) is 2.36. The van der Waals surface area contributed by atoms with Gasteiger partial charge in [-0.1, -0.05) is 24.3 Å². The van der Waals surface area contributed by atoms with Crippen LogP contribution in [0.25, 0.3) is 0 Å². The summed E-state index contributed by atoms with van der Waals surface area (Å²) in [5.41, 5.74) is 1.85. The lowest BCUT2D eigenvalue weighted by Crippen LogP contribution is -2.38. The summed E-state index contributed by atoms with van der Waals surface area (Å²) in [5, 5.41) is 5.64. The highest BCUT2D eigenvalue weighted by atomic mass is 19.1. The van der Waals surface area contributed by atoms with Crippen LogP contribution >= 0.6 is 0 Å². The maximum Gasteiger partial charge on any atom is 0.315 e. The van der Waals surface area contributed by atoms with Gasteiger partial charge in [-0.2, -0.15) is 0 Å². The van der Waals surface area contributed by atoms with Crippen molar-refractivity contribution >= 4 is 6.03 Å². The molecule has 1 atom stereocenters. The average Bonchev–Trinajstić information content (AvgIpc) is 2.55. The highest BCUT2D eigenvalue weighted by molar-refractivity contribution is 5.74. The van der Waals surface area contributed by atoms with Crippen LogP contribution in [-0.4, -0.2) is 19.7 Å². The maximum absolute atomic E-state index is 13.1. The van der Waals surface area contributed by atoms with Crippen LogP contribution in [0.3, 0.4) is 0 Å². The summed E-state index contributed by atoms with van der Waals surface area (Å²) in [4.78, 5) is 11.9. The third-order valence-electron chi connectivity index (χ3n) is 3.55. The Bertz CT molecular complexity index is 644. The highest BCUT2D eigenvalue weighted by Gasteiger charge is 2.09. The molecule has 2 aromatic rings. The third kappa shape index (κ3) is 5.29. The number of urea groups is 1. The summed E-state index contributed by atoms with van der Waals surface area (Å²) >= 11 is 0. The standard InChI is InChI=1S/C18H21FN2O2/c1-13(15-6-8-17(23-2)9-7-15)21-18(22)20-11-10-14-4-3-5-16(19)12-14/h3-9,12-13H,10-11H2,1-2H3,(H2,20,21,22). The molecule has 2 amide bonds. The average molecular weight is 316 g/mol. The van der Waals surface area contributed by atoms with Crippen LogP contribution in [0.2, 0.25) is 0 Å². The van der Waals surface area contributed by atoms with Gasteiger partial charge in [-0.05, 0) is 48.7 Å². The number of hydrogen-bond donors (Lipinski definition) is 2. The van der Waals surface area contributed by atoms with E-state index in [-0.39, 0.29) is 17.9 Å². The van der Waals surface area contributed by atoms with Crippen molar-refractivity contribution in [3.05, 3.63) is 65.5 Å². The van der Waals surface area contributed by atoms with Crippen LogP contribution < -0.4 is 15.4 Å². The van der Waals surface area contributed by atoms with Crippen molar-refractivity contribution in [2.45, 2.75) is 19.4 Å². The second-order valence-corrected chi connectivity index (χ2v) is 5.28. The molecule has 0 bridgehead atoms. The maximum atomic E-state index is 13.1. The number of methoxy groups -OCH3 is 1. The molecule has 0 saturated carbocycles. The molecule has 122 valence electrons. The monoisotopic (exact) mass is 316 g/mol. The largest absolute Gasteiger partial charge is 0.497 e. The first-order valence-corrected chi connectivity index (χ1v) is 7.51. The molecule has 0 saturated heterocycles. The molecule has 0 aliphatic rings. The molecule has 0 aliphatic carbocycles. The second-order valence-electron chi connectivity index (χ2n) is 5.28. The fourth-order valence-corrected chi connectivity index (χ4v) is 2.24. The van der Waals surface area contributed by atoms with Gasteiger partial charge in [-0.15, -0.1) is 0 Å². The molecule has 5 heteroatoms. The first kappa shape index (κ1) is 16.8. The van der Waals surface area contributed by atoms with Gasteiger partial charge in [0.25, 0.3) is 0 Å². The number of ether oxygens (including phenoxy) is 1. The number of hydrogen-bond acceptors (Lipinski definition) is 2.